The van der Waals surface area contributed by atoms with Gasteiger partial charge >= 0.3 is 0 Å². The molecule has 0 radical (unpaired) electrons. The van der Waals surface area contributed by atoms with E-state index in [1.54, 1.807) is 0 Å². The van der Waals surface area contributed by atoms with Crippen LogP contribution >= 0.6 is 11.8 Å². The summed E-state index contributed by atoms with van der Waals surface area (Å²) in [6, 6.07) is 3.61. The molecule has 1 amide bonds. The van der Waals surface area contributed by atoms with E-state index in [0.717, 1.165) is 12.1 Å². The van der Waals surface area contributed by atoms with Gasteiger partial charge in [-0.3, -0.25) is 4.79 Å². The van der Waals surface area contributed by atoms with Gasteiger partial charge in [0.2, 0.25) is 5.91 Å². The van der Waals surface area contributed by atoms with Crippen LogP contribution in [0.25, 0.3) is 0 Å². The Morgan fingerprint density at radius 3 is 2.85 bits per heavy atom. The summed E-state index contributed by atoms with van der Waals surface area (Å²) in [5, 5.41) is 11.9. The molecule has 20 heavy (non-hydrogen) atoms. The van der Waals surface area contributed by atoms with E-state index in [1.807, 2.05) is 0 Å². The first kappa shape index (κ1) is 16.9. The number of halogens is 2. The second-order valence-corrected chi connectivity index (χ2v) is 5.26. The molecule has 0 aliphatic carbocycles. The molecule has 1 aromatic carbocycles. The molecule has 1 atom stereocenters. The fourth-order valence-corrected chi connectivity index (χ4v) is 2.27. The quantitative estimate of drug-likeness (QED) is 0.716. The average molecular weight is 305 g/mol. The highest BCUT2D eigenvalue weighted by atomic mass is 32.2. The number of rotatable bonds is 8. The Morgan fingerprint density at radius 2 is 2.20 bits per heavy atom. The van der Waals surface area contributed by atoms with Gasteiger partial charge in [0.1, 0.15) is 0 Å². The lowest BCUT2D eigenvalue weighted by atomic mass is 10.3. The number of methoxy groups -OCH3 is 1. The standard InChI is InChI=1S/C13H17F2NO3S/c1-19-8-9(17)7-16-13(18)4-5-20-10-2-3-11(14)12(15)6-10/h2-3,6,9,17H,4-5,7-8H2,1H3,(H,16,18). The number of aliphatic hydroxyl groups is 1. The Kier molecular flexibility index (Phi) is 7.50. The van der Waals surface area contributed by atoms with Crippen LogP contribution in [0.5, 0.6) is 0 Å². The van der Waals surface area contributed by atoms with Crippen molar-refractivity contribution in [3.63, 3.8) is 0 Å². The summed E-state index contributed by atoms with van der Waals surface area (Å²) in [6.45, 7) is 0.284. The first-order chi connectivity index (χ1) is 9.52. The fourth-order valence-electron chi connectivity index (χ4n) is 1.40. The van der Waals surface area contributed by atoms with Crippen LogP contribution in [0, 0.1) is 11.6 Å². The van der Waals surface area contributed by atoms with Crippen molar-refractivity contribution in [2.45, 2.75) is 17.4 Å². The number of carbonyl (C=O) groups excluding carboxylic acids is 1. The van der Waals surface area contributed by atoms with E-state index in [9.17, 15) is 18.7 Å². The molecule has 0 bridgehead atoms. The Balaban J connectivity index is 2.23. The van der Waals surface area contributed by atoms with Gasteiger partial charge in [0.15, 0.2) is 11.6 Å². The second kappa shape index (κ2) is 8.89. The maximum atomic E-state index is 12.9. The SMILES string of the molecule is COCC(O)CNC(=O)CCSc1ccc(F)c(F)c1. The topological polar surface area (TPSA) is 58.6 Å². The molecule has 0 saturated heterocycles. The van der Waals surface area contributed by atoms with Crippen LogP contribution in [0.1, 0.15) is 6.42 Å². The normalized spacial score (nSPS) is 12.2. The van der Waals surface area contributed by atoms with Crippen molar-refractivity contribution in [2.24, 2.45) is 0 Å². The summed E-state index contributed by atoms with van der Waals surface area (Å²) in [4.78, 5) is 12.0. The van der Waals surface area contributed by atoms with Crippen LogP contribution in [-0.2, 0) is 9.53 Å². The highest BCUT2D eigenvalue weighted by Gasteiger charge is 2.07. The van der Waals surface area contributed by atoms with Crippen LogP contribution in [0.4, 0.5) is 8.78 Å². The van der Waals surface area contributed by atoms with Gasteiger partial charge in [0.05, 0.1) is 12.7 Å². The largest absolute Gasteiger partial charge is 0.389 e. The predicted molar refractivity (Wildman–Crippen MR) is 72.6 cm³/mol. The van der Waals surface area contributed by atoms with Crippen molar-refractivity contribution in [3.8, 4) is 0 Å². The first-order valence-corrected chi connectivity index (χ1v) is 7.03. The van der Waals surface area contributed by atoms with E-state index in [-0.39, 0.29) is 25.5 Å². The minimum atomic E-state index is -0.901. The van der Waals surface area contributed by atoms with Crippen molar-refractivity contribution < 1.29 is 23.4 Å². The van der Waals surface area contributed by atoms with E-state index >= 15 is 0 Å². The smallest absolute Gasteiger partial charge is 0.220 e. The second-order valence-electron chi connectivity index (χ2n) is 4.09. The molecule has 0 heterocycles. The van der Waals surface area contributed by atoms with Gasteiger partial charge in [-0.25, -0.2) is 8.78 Å². The number of carbonyl (C=O) groups is 1. The molecule has 2 N–H and O–H groups in total. The third-order valence-corrected chi connectivity index (χ3v) is 3.38. The van der Waals surface area contributed by atoms with Crippen molar-refractivity contribution in [2.75, 3.05) is 26.0 Å². The minimum Gasteiger partial charge on any atom is -0.389 e. The zero-order valence-electron chi connectivity index (χ0n) is 11.1. The Bertz CT molecular complexity index is 446. The third kappa shape index (κ3) is 6.31. The molecule has 4 nitrogen and oxygen atoms in total. The Labute approximate surface area is 120 Å². The monoisotopic (exact) mass is 305 g/mol. The molecule has 0 saturated carbocycles. The van der Waals surface area contributed by atoms with Crippen LogP contribution in [0.15, 0.2) is 23.1 Å². The summed E-state index contributed by atoms with van der Waals surface area (Å²) in [5.74, 6) is -1.56. The van der Waals surface area contributed by atoms with E-state index in [2.05, 4.69) is 5.32 Å². The number of hydrogen-bond donors (Lipinski definition) is 2. The number of aliphatic hydroxyl groups excluding tert-OH is 1. The number of amides is 1. The van der Waals surface area contributed by atoms with Crippen molar-refractivity contribution in [3.05, 3.63) is 29.8 Å². The summed E-state index contributed by atoms with van der Waals surface area (Å²) >= 11 is 1.26. The van der Waals surface area contributed by atoms with E-state index in [1.165, 1.54) is 24.9 Å². The molecule has 0 fully saturated rings. The average Bonchev–Trinajstić information content (AvgIpc) is 2.41. The van der Waals surface area contributed by atoms with Gasteiger partial charge in [-0.15, -0.1) is 11.8 Å². The maximum absolute atomic E-state index is 12.9. The number of thioether (sulfide) groups is 1. The highest BCUT2D eigenvalue weighted by molar-refractivity contribution is 7.99. The molecule has 112 valence electrons. The Morgan fingerprint density at radius 1 is 1.45 bits per heavy atom. The van der Waals surface area contributed by atoms with Crippen molar-refractivity contribution in [1.82, 2.24) is 5.32 Å². The zero-order chi connectivity index (χ0) is 15.0. The van der Waals surface area contributed by atoms with Gasteiger partial charge in [0, 0.05) is 30.7 Å². The van der Waals surface area contributed by atoms with Crippen molar-refractivity contribution in [1.29, 1.82) is 0 Å². The van der Waals surface area contributed by atoms with Gasteiger partial charge in [-0.2, -0.15) is 0 Å². The number of nitrogens with one attached hydrogen (secondary N) is 1. The molecule has 0 aliphatic rings. The molecule has 1 rings (SSSR count). The van der Waals surface area contributed by atoms with Crippen molar-refractivity contribution >= 4 is 17.7 Å². The van der Waals surface area contributed by atoms with Gasteiger partial charge in [0.25, 0.3) is 0 Å². The minimum absolute atomic E-state index is 0.127. The van der Waals surface area contributed by atoms with Crippen LogP contribution < -0.4 is 5.32 Å². The summed E-state index contributed by atoms with van der Waals surface area (Å²) < 4.78 is 30.4. The maximum Gasteiger partial charge on any atom is 0.220 e. The number of benzene rings is 1. The van der Waals surface area contributed by atoms with Gasteiger partial charge < -0.3 is 15.2 Å². The lowest BCUT2D eigenvalue weighted by Gasteiger charge is -2.10. The van der Waals surface area contributed by atoms with E-state index in [0.29, 0.717) is 10.6 Å². The van der Waals surface area contributed by atoms with Gasteiger partial charge in [-0.1, -0.05) is 0 Å². The first-order valence-electron chi connectivity index (χ1n) is 6.04. The summed E-state index contributed by atoms with van der Waals surface area (Å²) in [6.07, 6.45) is -0.508. The lowest BCUT2D eigenvalue weighted by molar-refractivity contribution is -0.121. The molecule has 0 spiro atoms. The fraction of sp³-hybridized carbons (Fsp3) is 0.462. The van der Waals surface area contributed by atoms with Crippen LogP contribution in [-0.4, -0.2) is 43.1 Å². The van der Waals surface area contributed by atoms with Gasteiger partial charge in [-0.05, 0) is 18.2 Å². The summed E-state index contributed by atoms with van der Waals surface area (Å²) in [5.41, 5.74) is 0. The Hall–Kier alpha value is -1.18. The number of ether oxygens (including phenoxy) is 1. The zero-order valence-corrected chi connectivity index (χ0v) is 11.9. The molecule has 7 heteroatoms. The van der Waals surface area contributed by atoms with E-state index < -0.39 is 17.7 Å². The molecule has 0 aliphatic heterocycles. The molecular weight excluding hydrogens is 288 g/mol. The lowest BCUT2D eigenvalue weighted by Crippen LogP contribution is -2.34. The molecular formula is C13H17F2NO3S. The van der Waals surface area contributed by atoms with Crippen LogP contribution in [0.3, 0.4) is 0 Å². The van der Waals surface area contributed by atoms with E-state index in [4.69, 9.17) is 4.74 Å². The van der Waals surface area contributed by atoms with Crippen LogP contribution in [0.2, 0.25) is 0 Å². The summed E-state index contributed by atoms with van der Waals surface area (Å²) in [7, 11) is 1.46. The molecule has 1 aromatic rings. The highest BCUT2D eigenvalue weighted by Crippen LogP contribution is 2.20. The number of hydrogen-bond acceptors (Lipinski definition) is 4. The molecule has 1 unspecified atom stereocenters. The molecule has 0 aromatic heterocycles. The third-order valence-electron chi connectivity index (χ3n) is 2.38. The predicted octanol–water partition coefficient (Wildman–Crippen LogP) is 1.57.